The van der Waals surface area contributed by atoms with E-state index in [2.05, 4.69) is 0 Å². The van der Waals surface area contributed by atoms with E-state index >= 15 is 0 Å². The Morgan fingerprint density at radius 2 is 1.75 bits per heavy atom. The van der Waals surface area contributed by atoms with E-state index in [1.54, 1.807) is 36.4 Å². The summed E-state index contributed by atoms with van der Waals surface area (Å²) in [5.74, 6) is 1.25. The highest BCUT2D eigenvalue weighted by molar-refractivity contribution is 7.89. The van der Waals surface area contributed by atoms with Gasteiger partial charge in [-0.15, -0.1) is 0 Å². The number of ether oxygens (including phenoxy) is 2. The first-order chi connectivity index (χ1) is 11.4. The molecule has 0 aliphatic heterocycles. The molecule has 0 N–H and O–H groups in total. The number of benzene rings is 2. The first-order valence-electron chi connectivity index (χ1n) is 7.51. The summed E-state index contributed by atoms with van der Waals surface area (Å²) in [5.41, 5.74) is 0. The van der Waals surface area contributed by atoms with Gasteiger partial charge in [0.05, 0.1) is 11.5 Å². The number of hydrogen-bond donors (Lipinski definition) is 0. The summed E-state index contributed by atoms with van der Waals surface area (Å²) in [5, 5.41) is 0.572. The summed E-state index contributed by atoms with van der Waals surface area (Å²) >= 11 is 5.88. The molecule has 0 spiro atoms. The number of likely N-dealkylation sites (N-methyl/N-ethyl adjacent to an activating group) is 1. The van der Waals surface area contributed by atoms with Crippen molar-refractivity contribution < 1.29 is 17.9 Å². The van der Waals surface area contributed by atoms with Crippen molar-refractivity contribution in [3.8, 4) is 11.5 Å². The van der Waals surface area contributed by atoms with Gasteiger partial charge in [-0.05, 0) is 49.4 Å². The summed E-state index contributed by atoms with van der Waals surface area (Å²) in [7, 11) is -2.04. The minimum atomic E-state index is -3.56. The number of rotatable bonds is 8. The molecule has 2 rings (SSSR count). The Bertz CT molecular complexity index is 762. The lowest BCUT2D eigenvalue weighted by Gasteiger charge is -2.17. The largest absolute Gasteiger partial charge is 0.494 e. The predicted molar refractivity (Wildman–Crippen MR) is 94.4 cm³/mol. The molecular formula is C17H20ClNO4S. The maximum Gasteiger partial charge on any atom is 0.242 e. The van der Waals surface area contributed by atoms with Crippen molar-refractivity contribution >= 4 is 21.6 Å². The molecule has 2 aromatic carbocycles. The lowest BCUT2D eigenvalue weighted by atomic mass is 10.3. The topological polar surface area (TPSA) is 55.8 Å². The summed E-state index contributed by atoms with van der Waals surface area (Å²) in [4.78, 5) is 0.219. The van der Waals surface area contributed by atoms with Crippen molar-refractivity contribution in [2.24, 2.45) is 0 Å². The minimum absolute atomic E-state index is 0.219. The number of nitrogens with zero attached hydrogens (tertiary/aromatic N) is 1. The molecule has 0 aliphatic rings. The maximum atomic E-state index is 12.5. The van der Waals surface area contributed by atoms with Gasteiger partial charge in [0.1, 0.15) is 18.1 Å². The molecule has 0 radical (unpaired) electrons. The molecule has 0 fully saturated rings. The zero-order valence-corrected chi connectivity index (χ0v) is 15.2. The average Bonchev–Trinajstić information content (AvgIpc) is 2.55. The third-order valence-electron chi connectivity index (χ3n) is 3.31. The fourth-order valence-corrected chi connectivity index (χ4v) is 3.36. The molecule has 0 saturated heterocycles. The van der Waals surface area contributed by atoms with Crippen molar-refractivity contribution in [3.63, 3.8) is 0 Å². The van der Waals surface area contributed by atoms with Crippen LogP contribution in [0.15, 0.2) is 53.4 Å². The fraction of sp³-hybridized carbons (Fsp3) is 0.294. The Kier molecular flexibility index (Phi) is 6.48. The van der Waals surface area contributed by atoms with Gasteiger partial charge in [0.2, 0.25) is 10.0 Å². The molecule has 130 valence electrons. The normalized spacial score (nSPS) is 11.5. The SMILES string of the molecule is CCOc1ccc(S(=O)(=O)N(C)CCOc2cccc(Cl)c2)cc1. The smallest absolute Gasteiger partial charge is 0.242 e. The Labute approximate surface area is 147 Å². The van der Waals surface area contributed by atoms with Crippen molar-refractivity contribution in [3.05, 3.63) is 53.6 Å². The lowest BCUT2D eigenvalue weighted by Crippen LogP contribution is -2.31. The molecule has 0 aromatic heterocycles. The van der Waals surface area contributed by atoms with E-state index in [-0.39, 0.29) is 18.0 Å². The van der Waals surface area contributed by atoms with Crippen molar-refractivity contribution in [1.82, 2.24) is 4.31 Å². The molecule has 0 saturated carbocycles. The zero-order chi connectivity index (χ0) is 17.6. The first kappa shape index (κ1) is 18.6. The summed E-state index contributed by atoms with van der Waals surface area (Å²) in [6.07, 6.45) is 0. The third kappa shape index (κ3) is 4.87. The molecule has 0 atom stereocenters. The van der Waals surface area contributed by atoms with Gasteiger partial charge in [-0.25, -0.2) is 8.42 Å². The predicted octanol–water partition coefficient (Wildman–Crippen LogP) is 3.44. The van der Waals surface area contributed by atoms with E-state index in [0.717, 1.165) is 0 Å². The highest BCUT2D eigenvalue weighted by Gasteiger charge is 2.20. The number of hydrogen-bond acceptors (Lipinski definition) is 4. The fourth-order valence-electron chi connectivity index (χ4n) is 2.02. The maximum absolute atomic E-state index is 12.5. The van der Waals surface area contributed by atoms with Crippen molar-refractivity contribution in [2.75, 3.05) is 26.8 Å². The minimum Gasteiger partial charge on any atom is -0.494 e. The zero-order valence-electron chi connectivity index (χ0n) is 13.6. The van der Waals surface area contributed by atoms with Crippen LogP contribution in [0.3, 0.4) is 0 Å². The van der Waals surface area contributed by atoms with Crippen LogP contribution in [0, 0.1) is 0 Å². The van der Waals surface area contributed by atoms with Gasteiger partial charge < -0.3 is 9.47 Å². The van der Waals surface area contributed by atoms with Gasteiger partial charge in [0.15, 0.2) is 0 Å². The molecular weight excluding hydrogens is 350 g/mol. The Morgan fingerprint density at radius 1 is 1.04 bits per heavy atom. The van der Waals surface area contributed by atoms with Crippen LogP contribution in [-0.2, 0) is 10.0 Å². The quantitative estimate of drug-likeness (QED) is 0.715. The molecule has 0 bridgehead atoms. The molecule has 0 heterocycles. The Morgan fingerprint density at radius 3 is 2.38 bits per heavy atom. The van der Waals surface area contributed by atoms with E-state index in [9.17, 15) is 8.42 Å². The van der Waals surface area contributed by atoms with Crippen LogP contribution in [-0.4, -0.2) is 39.5 Å². The van der Waals surface area contributed by atoms with Gasteiger partial charge in [0, 0.05) is 18.6 Å². The summed E-state index contributed by atoms with van der Waals surface area (Å²) in [6.45, 7) is 2.86. The van der Waals surface area contributed by atoms with Crippen LogP contribution < -0.4 is 9.47 Å². The molecule has 0 amide bonds. The highest BCUT2D eigenvalue weighted by Crippen LogP contribution is 2.20. The van der Waals surface area contributed by atoms with Crippen LogP contribution in [0.25, 0.3) is 0 Å². The van der Waals surface area contributed by atoms with Gasteiger partial charge >= 0.3 is 0 Å². The third-order valence-corrected chi connectivity index (χ3v) is 5.42. The van der Waals surface area contributed by atoms with Gasteiger partial charge in [-0.3, -0.25) is 0 Å². The van der Waals surface area contributed by atoms with Crippen LogP contribution in [0.2, 0.25) is 5.02 Å². The van der Waals surface area contributed by atoms with Crippen LogP contribution in [0.4, 0.5) is 0 Å². The Balaban J connectivity index is 1.95. The van der Waals surface area contributed by atoms with E-state index in [1.807, 2.05) is 6.92 Å². The molecule has 7 heteroatoms. The van der Waals surface area contributed by atoms with Crippen LogP contribution in [0.1, 0.15) is 6.92 Å². The molecule has 0 aliphatic carbocycles. The van der Waals surface area contributed by atoms with Crippen LogP contribution in [0.5, 0.6) is 11.5 Å². The van der Waals surface area contributed by atoms with E-state index in [4.69, 9.17) is 21.1 Å². The second kappa shape index (κ2) is 8.37. The Hall–Kier alpha value is -1.76. The second-order valence-electron chi connectivity index (χ2n) is 5.04. The van der Waals surface area contributed by atoms with Crippen molar-refractivity contribution in [2.45, 2.75) is 11.8 Å². The summed E-state index contributed by atoms with van der Waals surface area (Å²) in [6, 6.07) is 13.3. The van der Waals surface area contributed by atoms with E-state index in [1.165, 1.54) is 23.5 Å². The van der Waals surface area contributed by atoms with Gasteiger partial charge in [0.25, 0.3) is 0 Å². The monoisotopic (exact) mass is 369 g/mol. The lowest BCUT2D eigenvalue weighted by molar-refractivity contribution is 0.287. The van der Waals surface area contributed by atoms with Gasteiger partial charge in [-0.1, -0.05) is 17.7 Å². The van der Waals surface area contributed by atoms with E-state index < -0.39 is 10.0 Å². The highest BCUT2D eigenvalue weighted by atomic mass is 35.5. The average molecular weight is 370 g/mol. The van der Waals surface area contributed by atoms with E-state index in [0.29, 0.717) is 23.1 Å². The summed E-state index contributed by atoms with van der Waals surface area (Å²) < 4.78 is 37.1. The number of halogens is 1. The molecule has 0 unspecified atom stereocenters. The molecule has 5 nitrogen and oxygen atoms in total. The van der Waals surface area contributed by atoms with Crippen molar-refractivity contribution in [1.29, 1.82) is 0 Å². The first-order valence-corrected chi connectivity index (χ1v) is 9.33. The molecule has 24 heavy (non-hydrogen) atoms. The van der Waals surface area contributed by atoms with Crippen LogP contribution >= 0.6 is 11.6 Å². The van der Waals surface area contributed by atoms with Gasteiger partial charge in [-0.2, -0.15) is 4.31 Å². The molecule has 2 aromatic rings. The standard InChI is InChI=1S/C17H20ClNO4S/c1-3-22-15-7-9-17(10-8-15)24(20,21)19(2)11-12-23-16-6-4-5-14(18)13-16/h4-10,13H,3,11-12H2,1-2H3. The second-order valence-corrected chi connectivity index (χ2v) is 7.52. The number of sulfonamides is 1.